The fourth-order valence-electron chi connectivity index (χ4n) is 2.51. The lowest BCUT2D eigenvalue weighted by molar-refractivity contribution is -0.135. The van der Waals surface area contributed by atoms with E-state index in [0.717, 1.165) is 0 Å². The number of hydrogen-bond donors (Lipinski definition) is 0. The molecule has 0 aromatic heterocycles. The Kier molecular flexibility index (Phi) is 5.03. The average Bonchev–Trinajstić information content (AvgIpc) is 2.86. The SMILES string of the molecule is CCN(C(=O)COc1ccc(C#N)cc1)C1CCS(=O)(=O)C1. The summed E-state index contributed by atoms with van der Waals surface area (Å²) in [6.45, 7) is 2.14. The number of benzene rings is 1. The van der Waals surface area contributed by atoms with Gasteiger partial charge in [0.1, 0.15) is 5.75 Å². The second-order valence-corrected chi connectivity index (χ2v) is 7.39. The molecule has 0 spiro atoms. The maximum absolute atomic E-state index is 12.2. The molecule has 7 heteroatoms. The quantitative estimate of drug-likeness (QED) is 0.806. The van der Waals surface area contributed by atoms with Crippen molar-refractivity contribution in [3.8, 4) is 11.8 Å². The Bertz CT molecular complexity index is 676. The van der Waals surface area contributed by atoms with Crippen molar-refractivity contribution in [3.63, 3.8) is 0 Å². The lowest BCUT2D eigenvalue weighted by atomic mass is 10.2. The highest BCUT2D eigenvalue weighted by molar-refractivity contribution is 7.91. The van der Waals surface area contributed by atoms with Gasteiger partial charge in [-0.05, 0) is 37.6 Å². The number of sulfone groups is 1. The van der Waals surface area contributed by atoms with Crippen LogP contribution in [-0.4, -0.2) is 49.9 Å². The van der Waals surface area contributed by atoms with Crippen LogP contribution in [0.1, 0.15) is 18.9 Å². The van der Waals surface area contributed by atoms with Gasteiger partial charge in [-0.15, -0.1) is 0 Å². The van der Waals surface area contributed by atoms with Crippen molar-refractivity contribution in [2.24, 2.45) is 0 Å². The van der Waals surface area contributed by atoms with Gasteiger partial charge in [0.25, 0.3) is 5.91 Å². The number of hydrogen-bond acceptors (Lipinski definition) is 5. The van der Waals surface area contributed by atoms with E-state index in [1.165, 1.54) is 0 Å². The zero-order chi connectivity index (χ0) is 16.2. The van der Waals surface area contributed by atoms with Gasteiger partial charge in [-0.1, -0.05) is 0 Å². The molecular formula is C15H18N2O4S. The minimum Gasteiger partial charge on any atom is -0.484 e. The highest BCUT2D eigenvalue weighted by atomic mass is 32.2. The van der Waals surface area contributed by atoms with Crippen LogP contribution in [0.15, 0.2) is 24.3 Å². The molecule has 1 heterocycles. The summed E-state index contributed by atoms with van der Waals surface area (Å²) in [5.41, 5.74) is 0.519. The van der Waals surface area contributed by atoms with Gasteiger partial charge in [-0.3, -0.25) is 4.79 Å². The molecule has 0 radical (unpaired) electrons. The Labute approximate surface area is 130 Å². The van der Waals surface area contributed by atoms with E-state index in [4.69, 9.17) is 10.00 Å². The fraction of sp³-hybridized carbons (Fsp3) is 0.467. The maximum atomic E-state index is 12.2. The van der Waals surface area contributed by atoms with E-state index in [2.05, 4.69) is 0 Å². The van der Waals surface area contributed by atoms with Crippen molar-refractivity contribution in [2.75, 3.05) is 24.7 Å². The van der Waals surface area contributed by atoms with Crippen molar-refractivity contribution >= 4 is 15.7 Å². The van der Waals surface area contributed by atoms with E-state index in [-0.39, 0.29) is 30.1 Å². The minimum atomic E-state index is -3.02. The molecule has 1 unspecified atom stereocenters. The lowest BCUT2D eigenvalue weighted by Crippen LogP contribution is -2.43. The first kappa shape index (κ1) is 16.3. The minimum absolute atomic E-state index is 0.0312. The number of amides is 1. The highest BCUT2D eigenvalue weighted by Gasteiger charge is 2.33. The number of carbonyl (C=O) groups is 1. The molecule has 118 valence electrons. The van der Waals surface area contributed by atoms with Crippen molar-refractivity contribution in [2.45, 2.75) is 19.4 Å². The first-order chi connectivity index (χ1) is 10.4. The maximum Gasteiger partial charge on any atom is 0.260 e. The van der Waals surface area contributed by atoms with Gasteiger partial charge in [0.15, 0.2) is 16.4 Å². The van der Waals surface area contributed by atoms with Crippen LogP contribution in [0.25, 0.3) is 0 Å². The summed E-state index contributed by atoms with van der Waals surface area (Å²) in [6.07, 6.45) is 0.485. The molecule has 0 aliphatic carbocycles. The summed E-state index contributed by atoms with van der Waals surface area (Å²) >= 11 is 0. The van der Waals surface area contributed by atoms with Crippen LogP contribution in [0.4, 0.5) is 0 Å². The third-order valence-electron chi connectivity index (χ3n) is 3.66. The predicted octanol–water partition coefficient (Wildman–Crippen LogP) is 0.973. The summed E-state index contributed by atoms with van der Waals surface area (Å²) in [5, 5.41) is 8.71. The number of nitrogens with zero attached hydrogens (tertiary/aromatic N) is 2. The van der Waals surface area contributed by atoms with Crippen LogP contribution >= 0.6 is 0 Å². The van der Waals surface area contributed by atoms with Crippen molar-refractivity contribution in [1.29, 1.82) is 5.26 Å². The van der Waals surface area contributed by atoms with E-state index in [1.807, 2.05) is 13.0 Å². The molecule has 2 rings (SSSR count). The van der Waals surface area contributed by atoms with E-state index in [1.54, 1.807) is 29.2 Å². The Morgan fingerprint density at radius 2 is 2.09 bits per heavy atom. The molecule has 0 bridgehead atoms. The molecule has 22 heavy (non-hydrogen) atoms. The Morgan fingerprint density at radius 1 is 1.41 bits per heavy atom. The summed E-state index contributed by atoms with van der Waals surface area (Å²) < 4.78 is 28.5. The van der Waals surface area contributed by atoms with Gasteiger partial charge < -0.3 is 9.64 Å². The van der Waals surface area contributed by atoms with Crippen molar-refractivity contribution in [1.82, 2.24) is 4.90 Å². The van der Waals surface area contributed by atoms with Gasteiger partial charge in [0, 0.05) is 12.6 Å². The van der Waals surface area contributed by atoms with E-state index < -0.39 is 9.84 Å². The first-order valence-electron chi connectivity index (χ1n) is 7.08. The van der Waals surface area contributed by atoms with Crippen molar-refractivity contribution < 1.29 is 17.9 Å². The number of ether oxygens (including phenoxy) is 1. The van der Waals surface area contributed by atoms with E-state index in [0.29, 0.717) is 24.3 Å². The summed E-state index contributed by atoms with van der Waals surface area (Å²) in [6, 6.07) is 8.22. The second kappa shape index (κ2) is 6.79. The topological polar surface area (TPSA) is 87.5 Å². The van der Waals surface area contributed by atoms with Crippen LogP contribution in [0.3, 0.4) is 0 Å². The van der Waals surface area contributed by atoms with Gasteiger partial charge in [0.05, 0.1) is 23.1 Å². The third-order valence-corrected chi connectivity index (χ3v) is 5.41. The fourth-order valence-corrected chi connectivity index (χ4v) is 4.24. The number of carbonyl (C=O) groups excluding carboxylic acids is 1. The predicted molar refractivity (Wildman–Crippen MR) is 81.1 cm³/mol. The van der Waals surface area contributed by atoms with Crippen LogP contribution in [0.5, 0.6) is 5.75 Å². The summed E-state index contributed by atoms with van der Waals surface area (Å²) in [4.78, 5) is 13.8. The second-order valence-electron chi connectivity index (χ2n) is 5.16. The van der Waals surface area contributed by atoms with Crippen LogP contribution < -0.4 is 4.74 Å². The largest absolute Gasteiger partial charge is 0.484 e. The number of nitriles is 1. The Morgan fingerprint density at radius 3 is 2.59 bits per heavy atom. The molecule has 1 atom stereocenters. The molecule has 1 aromatic rings. The summed E-state index contributed by atoms with van der Waals surface area (Å²) in [5.74, 6) is 0.442. The highest BCUT2D eigenvalue weighted by Crippen LogP contribution is 2.18. The van der Waals surface area contributed by atoms with Gasteiger partial charge in [-0.25, -0.2) is 8.42 Å². The molecule has 1 amide bonds. The van der Waals surface area contributed by atoms with Crippen molar-refractivity contribution in [3.05, 3.63) is 29.8 Å². The number of likely N-dealkylation sites (N-methyl/N-ethyl adjacent to an activating group) is 1. The monoisotopic (exact) mass is 322 g/mol. The molecule has 1 aliphatic heterocycles. The lowest BCUT2D eigenvalue weighted by Gasteiger charge is -2.26. The van der Waals surface area contributed by atoms with Crippen LogP contribution in [-0.2, 0) is 14.6 Å². The van der Waals surface area contributed by atoms with Crippen LogP contribution in [0, 0.1) is 11.3 Å². The van der Waals surface area contributed by atoms with E-state index >= 15 is 0 Å². The standard InChI is InChI=1S/C15H18N2O4S/c1-2-17(13-7-8-22(19,20)11-13)15(18)10-21-14-5-3-12(9-16)4-6-14/h3-6,13H,2,7-8,10-11H2,1H3. The molecule has 1 saturated heterocycles. The zero-order valence-electron chi connectivity index (χ0n) is 12.4. The van der Waals surface area contributed by atoms with Gasteiger partial charge in [-0.2, -0.15) is 5.26 Å². The molecule has 1 aliphatic rings. The van der Waals surface area contributed by atoms with Crippen LogP contribution in [0.2, 0.25) is 0 Å². The normalized spacial score (nSPS) is 19.4. The first-order valence-corrected chi connectivity index (χ1v) is 8.90. The molecule has 1 fully saturated rings. The summed E-state index contributed by atoms with van der Waals surface area (Å²) in [7, 11) is -3.02. The Hall–Kier alpha value is -2.07. The molecular weight excluding hydrogens is 304 g/mol. The smallest absolute Gasteiger partial charge is 0.260 e. The third kappa shape index (κ3) is 3.98. The number of rotatable bonds is 5. The zero-order valence-corrected chi connectivity index (χ0v) is 13.2. The Balaban J connectivity index is 1.93. The average molecular weight is 322 g/mol. The van der Waals surface area contributed by atoms with Gasteiger partial charge in [0.2, 0.25) is 0 Å². The molecule has 0 saturated carbocycles. The van der Waals surface area contributed by atoms with Gasteiger partial charge >= 0.3 is 0 Å². The molecule has 6 nitrogen and oxygen atoms in total. The van der Waals surface area contributed by atoms with E-state index in [9.17, 15) is 13.2 Å². The molecule has 0 N–H and O–H groups in total. The molecule has 1 aromatic carbocycles.